The normalized spacial score (nSPS) is 13.0. The lowest BCUT2D eigenvalue weighted by Crippen LogP contribution is -2.18. The van der Waals surface area contributed by atoms with E-state index in [9.17, 15) is 4.79 Å². The van der Waals surface area contributed by atoms with Crippen molar-refractivity contribution in [3.8, 4) is 5.75 Å². The molecule has 1 aliphatic heterocycles. The minimum absolute atomic E-state index is 0.287. The number of hydrogen-bond donors (Lipinski definition) is 1. The first-order valence-electron chi connectivity index (χ1n) is 9.52. The second kappa shape index (κ2) is 9.33. The molecular formula is C23H20ClN3O3. The number of carbonyl (C=O) groups is 1. The van der Waals surface area contributed by atoms with E-state index in [2.05, 4.69) is 10.4 Å². The molecular weight excluding hydrogens is 402 g/mol. The Morgan fingerprint density at radius 3 is 2.53 bits per heavy atom. The number of benzene rings is 3. The molecule has 6 nitrogen and oxygen atoms in total. The van der Waals surface area contributed by atoms with E-state index in [-0.39, 0.29) is 6.61 Å². The molecule has 0 fully saturated rings. The number of amides is 1. The van der Waals surface area contributed by atoms with Crippen LogP contribution in [-0.4, -0.2) is 18.5 Å². The molecule has 1 N–H and O–H groups in total. The van der Waals surface area contributed by atoms with E-state index in [1.54, 1.807) is 30.3 Å². The highest BCUT2D eigenvalue weighted by Gasteiger charge is 2.18. The monoisotopic (exact) mass is 421 g/mol. The summed E-state index contributed by atoms with van der Waals surface area (Å²) < 4.78 is 11.2. The highest BCUT2D eigenvalue weighted by atomic mass is 35.5. The smallest absolute Gasteiger partial charge is 0.417 e. The third-order valence-electron chi connectivity index (χ3n) is 4.50. The van der Waals surface area contributed by atoms with Gasteiger partial charge in [-0.2, -0.15) is 0 Å². The largest absolute Gasteiger partial charge is 0.475 e. The van der Waals surface area contributed by atoms with Crippen molar-refractivity contribution < 1.29 is 14.3 Å². The van der Waals surface area contributed by atoms with Crippen LogP contribution in [0.5, 0.6) is 5.75 Å². The Morgan fingerprint density at radius 1 is 1.00 bits per heavy atom. The van der Waals surface area contributed by atoms with Crippen LogP contribution in [0.4, 0.5) is 16.2 Å². The van der Waals surface area contributed by atoms with Crippen LogP contribution in [0, 0.1) is 0 Å². The van der Waals surface area contributed by atoms with E-state index in [4.69, 9.17) is 21.1 Å². The zero-order chi connectivity index (χ0) is 20.8. The fourth-order valence-electron chi connectivity index (χ4n) is 3.00. The van der Waals surface area contributed by atoms with Gasteiger partial charge >= 0.3 is 6.09 Å². The highest BCUT2D eigenvalue weighted by molar-refractivity contribution is 6.30. The molecule has 1 heterocycles. The van der Waals surface area contributed by atoms with Crippen LogP contribution in [0.25, 0.3) is 0 Å². The summed E-state index contributed by atoms with van der Waals surface area (Å²) >= 11 is 5.94. The maximum absolute atomic E-state index is 12.2. The molecule has 0 atom stereocenters. The van der Waals surface area contributed by atoms with Crippen molar-refractivity contribution in [1.29, 1.82) is 0 Å². The highest BCUT2D eigenvalue weighted by Crippen LogP contribution is 2.23. The summed E-state index contributed by atoms with van der Waals surface area (Å²) in [6, 6.07) is 23.9. The molecule has 4 rings (SSSR count). The Morgan fingerprint density at radius 2 is 1.73 bits per heavy atom. The second-order valence-corrected chi connectivity index (χ2v) is 7.05. The number of rotatable bonds is 5. The Hall–Kier alpha value is -3.51. The minimum Gasteiger partial charge on any atom is -0.475 e. The number of hydrazone groups is 1. The fourth-order valence-corrected chi connectivity index (χ4v) is 3.12. The van der Waals surface area contributed by atoms with Crippen molar-refractivity contribution in [1.82, 2.24) is 0 Å². The lowest BCUT2D eigenvalue weighted by Gasteiger charge is -2.13. The van der Waals surface area contributed by atoms with Gasteiger partial charge in [0.1, 0.15) is 12.4 Å². The van der Waals surface area contributed by atoms with Crippen LogP contribution in [0.15, 0.2) is 84.0 Å². The SMILES string of the molecule is O=C(Nc1ccccc1COC1=NN(c2ccc(Cl)cc2)CC1)Oc1ccccc1. The number of nitrogens with one attached hydrogen (secondary N) is 1. The Kier molecular flexibility index (Phi) is 6.15. The summed E-state index contributed by atoms with van der Waals surface area (Å²) in [6.07, 6.45) is 0.148. The molecule has 7 heteroatoms. The Bertz CT molecular complexity index is 1040. The first kappa shape index (κ1) is 19.8. The van der Waals surface area contributed by atoms with Gasteiger partial charge in [-0.05, 0) is 42.5 Å². The summed E-state index contributed by atoms with van der Waals surface area (Å²) in [5, 5.41) is 9.86. The molecule has 0 aliphatic carbocycles. The van der Waals surface area contributed by atoms with Crippen molar-refractivity contribution in [2.75, 3.05) is 16.9 Å². The van der Waals surface area contributed by atoms with Crippen LogP contribution in [0.3, 0.4) is 0 Å². The number of carbonyl (C=O) groups excluding carboxylic acids is 1. The molecule has 0 radical (unpaired) electrons. The van der Waals surface area contributed by atoms with Crippen molar-refractivity contribution in [2.45, 2.75) is 13.0 Å². The second-order valence-electron chi connectivity index (χ2n) is 6.62. The van der Waals surface area contributed by atoms with Gasteiger partial charge in [-0.25, -0.2) is 4.79 Å². The zero-order valence-electron chi connectivity index (χ0n) is 16.1. The van der Waals surface area contributed by atoms with Crippen molar-refractivity contribution in [2.24, 2.45) is 5.10 Å². The molecule has 3 aromatic carbocycles. The summed E-state index contributed by atoms with van der Waals surface area (Å²) in [5.41, 5.74) is 2.42. The number of halogens is 1. The van der Waals surface area contributed by atoms with Gasteiger partial charge in [-0.15, -0.1) is 5.10 Å². The molecule has 30 heavy (non-hydrogen) atoms. The molecule has 0 unspecified atom stereocenters. The van der Waals surface area contributed by atoms with Gasteiger partial charge in [0.05, 0.1) is 17.9 Å². The van der Waals surface area contributed by atoms with Crippen LogP contribution in [0.2, 0.25) is 5.02 Å². The van der Waals surface area contributed by atoms with Gasteiger partial charge < -0.3 is 9.47 Å². The van der Waals surface area contributed by atoms with E-state index in [0.29, 0.717) is 28.8 Å². The molecule has 3 aromatic rings. The van der Waals surface area contributed by atoms with Gasteiger partial charge in [-0.1, -0.05) is 48.0 Å². The van der Waals surface area contributed by atoms with Crippen LogP contribution >= 0.6 is 11.6 Å². The minimum atomic E-state index is -0.555. The van der Waals surface area contributed by atoms with E-state index >= 15 is 0 Å². The molecule has 0 bridgehead atoms. The number of anilines is 2. The van der Waals surface area contributed by atoms with Crippen LogP contribution in [0.1, 0.15) is 12.0 Å². The van der Waals surface area contributed by atoms with Gasteiger partial charge in [0.25, 0.3) is 0 Å². The molecule has 0 aromatic heterocycles. The maximum Gasteiger partial charge on any atom is 0.417 e. The lowest BCUT2D eigenvalue weighted by molar-refractivity contribution is 0.215. The summed E-state index contributed by atoms with van der Waals surface area (Å²) in [6.45, 7) is 1.02. The average molecular weight is 422 g/mol. The molecule has 0 saturated carbocycles. The Balaban J connectivity index is 1.37. The number of para-hydroxylation sites is 2. The van der Waals surface area contributed by atoms with Gasteiger partial charge in [0, 0.05) is 17.0 Å². The predicted octanol–water partition coefficient (Wildman–Crippen LogP) is 5.69. The number of ether oxygens (including phenoxy) is 2. The van der Waals surface area contributed by atoms with E-state index in [0.717, 1.165) is 17.8 Å². The van der Waals surface area contributed by atoms with E-state index in [1.165, 1.54) is 0 Å². The van der Waals surface area contributed by atoms with Gasteiger partial charge in [-0.3, -0.25) is 10.3 Å². The third kappa shape index (κ3) is 5.10. The van der Waals surface area contributed by atoms with Crippen molar-refractivity contribution in [3.05, 3.63) is 89.4 Å². The topological polar surface area (TPSA) is 63.2 Å². The fraction of sp³-hybridized carbons (Fsp3) is 0.130. The quantitative estimate of drug-likeness (QED) is 0.574. The zero-order valence-corrected chi connectivity index (χ0v) is 16.9. The standard InChI is InChI=1S/C23H20ClN3O3/c24-18-10-12-19(13-11-18)27-15-14-22(26-27)29-16-17-6-4-5-9-21(17)25-23(28)30-20-7-2-1-3-8-20/h1-13H,14-16H2,(H,25,28). The molecule has 0 spiro atoms. The van der Waals surface area contributed by atoms with Crippen LogP contribution in [-0.2, 0) is 11.3 Å². The van der Waals surface area contributed by atoms with Crippen LogP contribution < -0.4 is 15.1 Å². The Labute approximate surface area is 179 Å². The summed E-state index contributed by atoms with van der Waals surface area (Å²) in [7, 11) is 0. The lowest BCUT2D eigenvalue weighted by atomic mass is 10.2. The molecule has 0 saturated heterocycles. The number of hydrogen-bond acceptors (Lipinski definition) is 5. The molecule has 1 aliphatic rings. The number of nitrogens with zero attached hydrogens (tertiary/aromatic N) is 2. The third-order valence-corrected chi connectivity index (χ3v) is 4.75. The first-order chi connectivity index (χ1) is 14.7. The summed E-state index contributed by atoms with van der Waals surface area (Å²) in [5.74, 6) is 1.12. The predicted molar refractivity (Wildman–Crippen MR) is 118 cm³/mol. The first-order valence-corrected chi connectivity index (χ1v) is 9.90. The van der Waals surface area contributed by atoms with Crippen molar-refractivity contribution in [3.63, 3.8) is 0 Å². The van der Waals surface area contributed by atoms with Gasteiger partial charge in [0.15, 0.2) is 0 Å². The molecule has 152 valence electrons. The average Bonchev–Trinajstić information content (AvgIpc) is 3.23. The van der Waals surface area contributed by atoms with E-state index < -0.39 is 6.09 Å². The van der Waals surface area contributed by atoms with Gasteiger partial charge in [0.2, 0.25) is 5.90 Å². The van der Waals surface area contributed by atoms with E-state index in [1.807, 2.05) is 53.5 Å². The molecule has 1 amide bonds. The summed E-state index contributed by atoms with van der Waals surface area (Å²) in [4.78, 5) is 12.2. The maximum atomic E-state index is 12.2. The van der Waals surface area contributed by atoms with Crippen molar-refractivity contribution >= 4 is 35.0 Å².